The first-order valence-electron chi connectivity index (χ1n) is 9.55. The van der Waals surface area contributed by atoms with Gasteiger partial charge in [-0.05, 0) is 50.1 Å². The Morgan fingerprint density at radius 2 is 2.04 bits per heavy atom. The Hall–Kier alpha value is -2.91. The van der Waals surface area contributed by atoms with Crippen LogP contribution in [0.4, 0.5) is 11.4 Å². The molecule has 0 radical (unpaired) electrons. The number of pyridine rings is 1. The number of carbonyl (C=O) groups excluding carboxylic acids is 1. The van der Waals surface area contributed by atoms with E-state index in [1.165, 1.54) is 0 Å². The summed E-state index contributed by atoms with van der Waals surface area (Å²) in [4.78, 5) is 20.5. The number of benzene rings is 1. The van der Waals surface area contributed by atoms with Crippen molar-refractivity contribution in [2.75, 3.05) is 36.0 Å². The summed E-state index contributed by atoms with van der Waals surface area (Å²) in [5.74, 6) is 0. The number of hydrogen-bond donors (Lipinski definition) is 1. The lowest BCUT2D eigenvalue weighted by atomic mass is 9.74. The highest BCUT2D eigenvalue weighted by Gasteiger charge is 2.47. The molecule has 0 saturated carbocycles. The third-order valence-corrected chi connectivity index (χ3v) is 6.14. The van der Waals surface area contributed by atoms with Crippen molar-refractivity contribution in [2.24, 2.45) is 5.41 Å². The Labute approximate surface area is 165 Å². The van der Waals surface area contributed by atoms with Gasteiger partial charge < -0.3 is 15.1 Å². The standard InChI is InChI=1S/C22H25N5O/c1-16-4-5-17(8-23)6-20(16)21(2,3)27(15-28)19-7-18(9-24-10-19)26-13-22(14-26)11-25-12-22/h4-7,9-10,15,25H,11-14H2,1-3H3. The maximum absolute atomic E-state index is 12.1. The highest BCUT2D eigenvalue weighted by molar-refractivity contribution is 5.79. The second-order valence-electron chi connectivity index (χ2n) is 8.54. The van der Waals surface area contributed by atoms with Crippen LogP contribution in [0.3, 0.4) is 0 Å². The summed E-state index contributed by atoms with van der Waals surface area (Å²) in [6.45, 7) is 10.2. The second kappa shape index (κ2) is 6.61. The van der Waals surface area contributed by atoms with Gasteiger partial charge in [0.1, 0.15) is 0 Å². The summed E-state index contributed by atoms with van der Waals surface area (Å²) in [7, 11) is 0. The number of amides is 1. The summed E-state index contributed by atoms with van der Waals surface area (Å²) in [6, 6.07) is 9.82. The van der Waals surface area contributed by atoms with E-state index in [9.17, 15) is 10.1 Å². The quantitative estimate of drug-likeness (QED) is 0.813. The van der Waals surface area contributed by atoms with E-state index in [0.717, 1.165) is 55.1 Å². The summed E-state index contributed by atoms with van der Waals surface area (Å²) >= 11 is 0. The third-order valence-electron chi connectivity index (χ3n) is 6.14. The zero-order valence-corrected chi connectivity index (χ0v) is 16.6. The molecule has 4 rings (SSSR count). The van der Waals surface area contributed by atoms with Gasteiger partial charge in [0.05, 0.1) is 40.9 Å². The number of anilines is 2. The zero-order chi connectivity index (χ0) is 19.9. The predicted molar refractivity (Wildman–Crippen MR) is 109 cm³/mol. The van der Waals surface area contributed by atoms with E-state index in [1.807, 2.05) is 45.2 Å². The molecule has 1 spiro atoms. The molecule has 1 N–H and O–H groups in total. The van der Waals surface area contributed by atoms with E-state index in [-0.39, 0.29) is 0 Å². The van der Waals surface area contributed by atoms with Crippen LogP contribution in [0.1, 0.15) is 30.5 Å². The Morgan fingerprint density at radius 3 is 2.64 bits per heavy atom. The topological polar surface area (TPSA) is 72.3 Å². The van der Waals surface area contributed by atoms with Crippen LogP contribution in [0.5, 0.6) is 0 Å². The SMILES string of the molecule is Cc1ccc(C#N)cc1C(C)(C)N(C=O)c1cncc(N2CC3(CNC3)C2)c1. The molecule has 0 bridgehead atoms. The van der Waals surface area contributed by atoms with Gasteiger partial charge >= 0.3 is 0 Å². The Kier molecular flexibility index (Phi) is 4.35. The minimum atomic E-state index is -0.618. The molecular formula is C22H25N5O. The second-order valence-corrected chi connectivity index (χ2v) is 8.54. The van der Waals surface area contributed by atoms with Crippen molar-refractivity contribution in [3.8, 4) is 6.07 Å². The van der Waals surface area contributed by atoms with Crippen molar-refractivity contribution in [2.45, 2.75) is 26.3 Å². The van der Waals surface area contributed by atoms with E-state index >= 15 is 0 Å². The fourth-order valence-corrected chi connectivity index (χ4v) is 4.36. The molecule has 2 saturated heterocycles. The van der Waals surface area contributed by atoms with Gasteiger partial charge in [0.25, 0.3) is 0 Å². The number of carbonyl (C=O) groups is 1. The van der Waals surface area contributed by atoms with Crippen LogP contribution in [0, 0.1) is 23.7 Å². The molecule has 0 atom stereocenters. The molecule has 0 aliphatic carbocycles. The van der Waals surface area contributed by atoms with E-state index in [1.54, 1.807) is 17.2 Å². The van der Waals surface area contributed by atoms with Crippen molar-refractivity contribution in [3.63, 3.8) is 0 Å². The first-order valence-corrected chi connectivity index (χ1v) is 9.55. The molecule has 2 aliphatic heterocycles. The maximum Gasteiger partial charge on any atom is 0.214 e. The minimum Gasteiger partial charge on any atom is -0.369 e. The van der Waals surface area contributed by atoms with Gasteiger partial charge in [0, 0.05) is 31.6 Å². The first-order chi connectivity index (χ1) is 13.4. The Bertz CT molecular complexity index is 950. The molecule has 6 heteroatoms. The van der Waals surface area contributed by atoms with E-state index in [0.29, 0.717) is 11.0 Å². The molecule has 144 valence electrons. The smallest absolute Gasteiger partial charge is 0.214 e. The normalized spacial score (nSPS) is 17.4. The highest BCUT2D eigenvalue weighted by Crippen LogP contribution is 2.39. The first kappa shape index (κ1) is 18.5. The summed E-state index contributed by atoms with van der Waals surface area (Å²) in [5, 5.41) is 12.6. The van der Waals surface area contributed by atoms with Crippen LogP contribution in [0.15, 0.2) is 36.7 Å². The number of nitrogens with zero attached hydrogens (tertiary/aromatic N) is 4. The fraction of sp³-hybridized carbons (Fsp3) is 0.409. The van der Waals surface area contributed by atoms with Crippen LogP contribution < -0.4 is 15.1 Å². The Balaban J connectivity index is 1.64. The number of hydrogen-bond acceptors (Lipinski definition) is 5. The van der Waals surface area contributed by atoms with Crippen LogP contribution in [0.25, 0.3) is 0 Å². The molecule has 6 nitrogen and oxygen atoms in total. The fourth-order valence-electron chi connectivity index (χ4n) is 4.36. The summed E-state index contributed by atoms with van der Waals surface area (Å²) in [5.41, 5.74) is 4.19. The van der Waals surface area contributed by atoms with Gasteiger partial charge in [-0.25, -0.2) is 0 Å². The number of nitrogens with one attached hydrogen (secondary N) is 1. The summed E-state index contributed by atoms with van der Waals surface area (Å²) < 4.78 is 0. The van der Waals surface area contributed by atoms with E-state index in [2.05, 4.69) is 21.3 Å². The minimum absolute atomic E-state index is 0.425. The number of aryl methyl sites for hydroxylation is 1. The van der Waals surface area contributed by atoms with Gasteiger partial charge in [-0.2, -0.15) is 5.26 Å². The molecule has 1 aromatic heterocycles. The Morgan fingerprint density at radius 1 is 1.29 bits per heavy atom. The van der Waals surface area contributed by atoms with E-state index < -0.39 is 5.54 Å². The number of aromatic nitrogens is 1. The van der Waals surface area contributed by atoms with Gasteiger partial charge in [0.15, 0.2) is 0 Å². The van der Waals surface area contributed by atoms with E-state index in [4.69, 9.17) is 0 Å². The molecule has 3 heterocycles. The van der Waals surface area contributed by atoms with Crippen molar-refractivity contribution in [3.05, 3.63) is 53.3 Å². The van der Waals surface area contributed by atoms with Crippen molar-refractivity contribution >= 4 is 17.8 Å². The van der Waals surface area contributed by atoms with Crippen molar-refractivity contribution in [1.82, 2.24) is 10.3 Å². The molecular weight excluding hydrogens is 350 g/mol. The van der Waals surface area contributed by atoms with Crippen LogP contribution in [-0.2, 0) is 10.3 Å². The zero-order valence-electron chi connectivity index (χ0n) is 16.6. The molecule has 28 heavy (non-hydrogen) atoms. The average molecular weight is 375 g/mol. The van der Waals surface area contributed by atoms with Crippen LogP contribution in [0.2, 0.25) is 0 Å². The highest BCUT2D eigenvalue weighted by atomic mass is 16.1. The van der Waals surface area contributed by atoms with Gasteiger partial charge in [0.2, 0.25) is 6.41 Å². The number of rotatable bonds is 5. The summed E-state index contributed by atoms with van der Waals surface area (Å²) in [6.07, 6.45) is 4.44. The van der Waals surface area contributed by atoms with Gasteiger partial charge in [-0.3, -0.25) is 9.78 Å². The molecule has 1 amide bonds. The van der Waals surface area contributed by atoms with Crippen molar-refractivity contribution in [1.29, 1.82) is 5.26 Å². The molecule has 1 aromatic carbocycles. The van der Waals surface area contributed by atoms with Crippen molar-refractivity contribution < 1.29 is 4.79 Å². The van der Waals surface area contributed by atoms with Gasteiger partial charge in [-0.1, -0.05) is 6.07 Å². The molecule has 2 fully saturated rings. The van der Waals surface area contributed by atoms with Gasteiger partial charge in [-0.15, -0.1) is 0 Å². The largest absolute Gasteiger partial charge is 0.369 e. The lowest BCUT2D eigenvalue weighted by Gasteiger charge is -2.57. The number of nitriles is 1. The molecule has 0 unspecified atom stereocenters. The predicted octanol–water partition coefficient (Wildman–Crippen LogP) is 2.57. The lowest BCUT2D eigenvalue weighted by Crippen LogP contribution is -2.71. The van der Waals surface area contributed by atoms with Crippen LogP contribution >= 0.6 is 0 Å². The third kappa shape index (κ3) is 2.92. The molecule has 2 aromatic rings. The van der Waals surface area contributed by atoms with Crippen LogP contribution in [-0.4, -0.2) is 37.6 Å². The average Bonchev–Trinajstić information content (AvgIpc) is 2.60. The lowest BCUT2D eigenvalue weighted by molar-refractivity contribution is -0.108. The maximum atomic E-state index is 12.1. The molecule has 2 aliphatic rings. The monoisotopic (exact) mass is 375 g/mol.